The first-order chi connectivity index (χ1) is 10.7. The second kappa shape index (κ2) is 12.6. The van der Waals surface area contributed by atoms with Crippen LogP contribution >= 0.6 is 24.0 Å². The first-order valence-corrected chi connectivity index (χ1v) is 8.36. The number of hydrogen-bond donors (Lipinski definition) is 3. The molecular formula is C18H32IN3O. The van der Waals surface area contributed by atoms with Gasteiger partial charge in [0.2, 0.25) is 0 Å². The van der Waals surface area contributed by atoms with Crippen molar-refractivity contribution in [2.24, 2.45) is 10.4 Å². The number of aliphatic hydroxyl groups excluding tert-OH is 1. The van der Waals surface area contributed by atoms with E-state index in [0.29, 0.717) is 6.54 Å². The number of nitrogens with one attached hydrogen (secondary N) is 2. The number of aliphatic hydroxyl groups is 1. The summed E-state index contributed by atoms with van der Waals surface area (Å²) >= 11 is 0. The molecule has 0 aliphatic heterocycles. The van der Waals surface area contributed by atoms with Crippen molar-refractivity contribution in [2.75, 3.05) is 19.7 Å². The average Bonchev–Trinajstić information content (AvgIpc) is 2.57. The normalized spacial score (nSPS) is 11.7. The Hall–Kier alpha value is -0.820. The molecular weight excluding hydrogens is 401 g/mol. The number of benzene rings is 1. The highest BCUT2D eigenvalue weighted by Crippen LogP contribution is 2.29. The minimum absolute atomic E-state index is 0. The standard InChI is InChI=1S/C18H31N3O.HI/c1-4-18(5-2,12-13-22)15-21-17(19-6-3)20-14-16-10-8-7-9-11-16;/h7-11,22H,4-6,12-15H2,1-3H3,(H2,19,20,21);1H. The minimum Gasteiger partial charge on any atom is -0.396 e. The van der Waals surface area contributed by atoms with Crippen molar-refractivity contribution in [2.45, 2.75) is 46.6 Å². The van der Waals surface area contributed by atoms with Crippen LogP contribution < -0.4 is 10.6 Å². The lowest BCUT2D eigenvalue weighted by Gasteiger charge is -2.32. The number of rotatable bonds is 9. The molecule has 0 radical (unpaired) electrons. The van der Waals surface area contributed by atoms with Gasteiger partial charge in [0, 0.05) is 19.7 Å². The second-order valence-corrected chi connectivity index (χ2v) is 5.72. The van der Waals surface area contributed by atoms with E-state index in [2.05, 4.69) is 48.5 Å². The molecule has 3 N–H and O–H groups in total. The summed E-state index contributed by atoms with van der Waals surface area (Å²) in [6.07, 6.45) is 2.93. The summed E-state index contributed by atoms with van der Waals surface area (Å²) in [6, 6.07) is 10.3. The van der Waals surface area contributed by atoms with E-state index in [0.717, 1.165) is 38.3 Å². The van der Waals surface area contributed by atoms with E-state index >= 15 is 0 Å². The third-order valence-corrected chi connectivity index (χ3v) is 4.38. The summed E-state index contributed by atoms with van der Waals surface area (Å²) in [4.78, 5) is 4.65. The number of hydrogen-bond acceptors (Lipinski definition) is 2. The van der Waals surface area contributed by atoms with Crippen LogP contribution in [0.3, 0.4) is 0 Å². The summed E-state index contributed by atoms with van der Waals surface area (Å²) in [6.45, 7) is 9.03. The van der Waals surface area contributed by atoms with E-state index in [1.165, 1.54) is 5.56 Å². The molecule has 0 fully saturated rings. The highest BCUT2D eigenvalue weighted by Gasteiger charge is 2.25. The van der Waals surface area contributed by atoms with Gasteiger partial charge in [0.05, 0.1) is 6.54 Å². The maximum atomic E-state index is 9.31. The fourth-order valence-corrected chi connectivity index (χ4v) is 2.55. The van der Waals surface area contributed by atoms with Crippen LogP contribution in [-0.2, 0) is 6.54 Å². The summed E-state index contributed by atoms with van der Waals surface area (Å²) in [5.74, 6) is 0.843. The highest BCUT2D eigenvalue weighted by molar-refractivity contribution is 14.0. The monoisotopic (exact) mass is 433 g/mol. The molecule has 0 saturated carbocycles. The van der Waals surface area contributed by atoms with Gasteiger partial charge >= 0.3 is 0 Å². The second-order valence-electron chi connectivity index (χ2n) is 5.72. The number of nitrogens with zero attached hydrogens (tertiary/aromatic N) is 1. The Morgan fingerprint density at radius 1 is 1.09 bits per heavy atom. The van der Waals surface area contributed by atoms with Crippen molar-refractivity contribution >= 4 is 29.9 Å². The third kappa shape index (κ3) is 8.01. The Bertz CT molecular complexity index is 433. The molecule has 0 spiro atoms. The number of guanidine groups is 1. The molecule has 0 amide bonds. The van der Waals surface area contributed by atoms with Gasteiger partial charge in [-0.05, 0) is 37.2 Å². The van der Waals surface area contributed by atoms with Crippen molar-refractivity contribution in [1.29, 1.82) is 0 Å². The van der Waals surface area contributed by atoms with E-state index in [9.17, 15) is 5.11 Å². The van der Waals surface area contributed by atoms with Gasteiger partial charge < -0.3 is 15.7 Å². The van der Waals surface area contributed by atoms with Crippen LogP contribution in [0.1, 0.15) is 45.6 Å². The van der Waals surface area contributed by atoms with Crippen molar-refractivity contribution < 1.29 is 5.11 Å². The maximum absolute atomic E-state index is 9.31. The van der Waals surface area contributed by atoms with Gasteiger partial charge in [-0.15, -0.1) is 24.0 Å². The Kier molecular flexibility index (Phi) is 12.1. The summed E-state index contributed by atoms with van der Waals surface area (Å²) < 4.78 is 0. The molecule has 0 saturated heterocycles. The first-order valence-electron chi connectivity index (χ1n) is 8.36. The molecule has 0 heterocycles. The fraction of sp³-hybridized carbons (Fsp3) is 0.611. The average molecular weight is 433 g/mol. The molecule has 0 aliphatic carbocycles. The first kappa shape index (κ1) is 22.2. The summed E-state index contributed by atoms with van der Waals surface area (Å²) in [5, 5.41) is 16.0. The van der Waals surface area contributed by atoms with Crippen LogP contribution in [0.4, 0.5) is 0 Å². The van der Waals surface area contributed by atoms with Gasteiger partial charge in [-0.1, -0.05) is 44.2 Å². The molecule has 1 aromatic rings. The van der Waals surface area contributed by atoms with E-state index < -0.39 is 0 Å². The molecule has 132 valence electrons. The Morgan fingerprint density at radius 3 is 2.26 bits per heavy atom. The van der Waals surface area contributed by atoms with Gasteiger partial charge in [-0.2, -0.15) is 0 Å². The summed E-state index contributed by atoms with van der Waals surface area (Å²) in [5.41, 5.74) is 1.34. The quantitative estimate of drug-likeness (QED) is 0.317. The smallest absolute Gasteiger partial charge is 0.191 e. The van der Waals surface area contributed by atoms with E-state index in [4.69, 9.17) is 0 Å². The van der Waals surface area contributed by atoms with Crippen molar-refractivity contribution in [1.82, 2.24) is 10.6 Å². The van der Waals surface area contributed by atoms with Crippen LogP contribution in [0.5, 0.6) is 0 Å². The number of aliphatic imine (C=N–C) groups is 1. The largest absolute Gasteiger partial charge is 0.396 e. The zero-order valence-electron chi connectivity index (χ0n) is 14.6. The van der Waals surface area contributed by atoms with Crippen LogP contribution in [0.25, 0.3) is 0 Å². The zero-order chi connectivity index (χ0) is 16.3. The molecule has 5 heteroatoms. The van der Waals surface area contributed by atoms with Crippen LogP contribution in [0.2, 0.25) is 0 Å². The third-order valence-electron chi connectivity index (χ3n) is 4.38. The Labute approximate surface area is 158 Å². The van der Waals surface area contributed by atoms with E-state index in [1.807, 2.05) is 18.2 Å². The van der Waals surface area contributed by atoms with Crippen molar-refractivity contribution in [3.8, 4) is 0 Å². The minimum atomic E-state index is 0. The molecule has 23 heavy (non-hydrogen) atoms. The summed E-state index contributed by atoms with van der Waals surface area (Å²) in [7, 11) is 0. The molecule has 0 bridgehead atoms. The molecule has 1 rings (SSSR count). The van der Waals surface area contributed by atoms with Crippen LogP contribution in [0, 0.1) is 5.41 Å². The SMILES string of the molecule is CCNC(=NCc1ccccc1)NCC(CC)(CC)CCO.I. The predicted octanol–water partition coefficient (Wildman–Crippen LogP) is 3.55. The van der Waals surface area contributed by atoms with Gasteiger partial charge in [0.25, 0.3) is 0 Å². The van der Waals surface area contributed by atoms with Gasteiger partial charge in [0.1, 0.15) is 0 Å². The predicted molar refractivity (Wildman–Crippen MR) is 109 cm³/mol. The fourth-order valence-electron chi connectivity index (χ4n) is 2.55. The molecule has 1 aromatic carbocycles. The lowest BCUT2D eigenvalue weighted by Crippen LogP contribution is -2.43. The lowest BCUT2D eigenvalue weighted by molar-refractivity contribution is 0.169. The topological polar surface area (TPSA) is 56.7 Å². The van der Waals surface area contributed by atoms with Crippen LogP contribution in [-0.4, -0.2) is 30.8 Å². The van der Waals surface area contributed by atoms with Gasteiger partial charge in [0.15, 0.2) is 5.96 Å². The van der Waals surface area contributed by atoms with Crippen molar-refractivity contribution in [3.63, 3.8) is 0 Å². The molecule has 0 aromatic heterocycles. The van der Waals surface area contributed by atoms with Crippen molar-refractivity contribution in [3.05, 3.63) is 35.9 Å². The van der Waals surface area contributed by atoms with Gasteiger partial charge in [-0.3, -0.25) is 0 Å². The van der Waals surface area contributed by atoms with Gasteiger partial charge in [-0.25, -0.2) is 4.99 Å². The van der Waals surface area contributed by atoms with Crippen LogP contribution in [0.15, 0.2) is 35.3 Å². The Balaban J connectivity index is 0.00000484. The molecule has 4 nitrogen and oxygen atoms in total. The molecule has 0 unspecified atom stereocenters. The van der Waals surface area contributed by atoms with E-state index in [-0.39, 0.29) is 36.0 Å². The molecule has 0 aliphatic rings. The maximum Gasteiger partial charge on any atom is 0.191 e. The lowest BCUT2D eigenvalue weighted by atomic mass is 9.79. The Morgan fingerprint density at radius 2 is 1.74 bits per heavy atom. The zero-order valence-corrected chi connectivity index (χ0v) is 17.0. The molecule has 0 atom stereocenters. The number of halogens is 1. The highest BCUT2D eigenvalue weighted by atomic mass is 127. The van der Waals surface area contributed by atoms with E-state index in [1.54, 1.807) is 0 Å².